The zero-order valence-electron chi connectivity index (χ0n) is 15.5. The lowest BCUT2D eigenvalue weighted by Crippen LogP contribution is -2.20. The number of halogens is 4. The van der Waals surface area contributed by atoms with E-state index in [1.165, 1.54) is 12.1 Å². The fourth-order valence-electron chi connectivity index (χ4n) is 4.14. The van der Waals surface area contributed by atoms with Gasteiger partial charge in [-0.05, 0) is 77.5 Å². The Morgan fingerprint density at radius 3 is 2.50 bits per heavy atom. The number of allylic oxidation sites excluding steroid dienone is 3. The Balaban J connectivity index is 1.76. The average molecular weight is 404 g/mol. The number of nitrogens with zero attached hydrogens (tertiary/aromatic N) is 1. The van der Waals surface area contributed by atoms with Crippen molar-refractivity contribution in [3.8, 4) is 0 Å². The van der Waals surface area contributed by atoms with Crippen LogP contribution in [-0.4, -0.2) is 18.0 Å². The van der Waals surface area contributed by atoms with Gasteiger partial charge in [0.25, 0.3) is 0 Å². The maximum atomic E-state index is 13.3. The molecule has 0 saturated carbocycles. The molecule has 1 aliphatic carbocycles. The van der Waals surface area contributed by atoms with Crippen molar-refractivity contribution in [2.45, 2.75) is 32.0 Å². The molecule has 1 saturated heterocycles. The SMILES string of the molecule is C=C1C=C(c2ccc(C(F)(F)F)cc2CN2CCCC2)Cc2c(Cl)cccc21. The van der Waals surface area contributed by atoms with Gasteiger partial charge in [-0.2, -0.15) is 13.2 Å². The van der Waals surface area contributed by atoms with Crippen molar-refractivity contribution in [1.29, 1.82) is 0 Å². The molecule has 0 aromatic heterocycles. The largest absolute Gasteiger partial charge is 0.416 e. The molecule has 0 amide bonds. The summed E-state index contributed by atoms with van der Waals surface area (Å²) < 4.78 is 39.9. The minimum atomic E-state index is -4.35. The van der Waals surface area contributed by atoms with E-state index >= 15 is 0 Å². The predicted octanol–water partition coefficient (Wildman–Crippen LogP) is 6.61. The molecule has 2 aromatic rings. The van der Waals surface area contributed by atoms with E-state index in [0.717, 1.165) is 53.8 Å². The average Bonchev–Trinajstić information content (AvgIpc) is 3.15. The molecule has 0 unspecified atom stereocenters. The number of hydrogen-bond acceptors (Lipinski definition) is 1. The topological polar surface area (TPSA) is 3.24 Å². The summed E-state index contributed by atoms with van der Waals surface area (Å²) in [6.07, 6.45) is 0.410. The van der Waals surface area contributed by atoms with Crippen molar-refractivity contribution in [2.24, 2.45) is 0 Å². The summed E-state index contributed by atoms with van der Waals surface area (Å²) in [5, 5.41) is 0.664. The number of fused-ring (bicyclic) bond motifs is 1. The fraction of sp³-hybridized carbons (Fsp3) is 0.304. The van der Waals surface area contributed by atoms with Gasteiger partial charge in [0.05, 0.1) is 5.56 Å². The standard InChI is InChI=1S/C23H21ClF3N/c1-15-11-16(13-21-19(15)5-4-6-22(21)24)20-8-7-18(23(25,26)27)12-17(20)14-28-9-2-3-10-28/h4-8,11-12H,1-3,9-10,13-14H2. The smallest absolute Gasteiger partial charge is 0.299 e. The van der Waals surface area contributed by atoms with Crippen LogP contribution in [-0.2, 0) is 19.1 Å². The van der Waals surface area contributed by atoms with Crippen molar-refractivity contribution < 1.29 is 13.2 Å². The second-order valence-electron chi connectivity index (χ2n) is 7.49. The van der Waals surface area contributed by atoms with Crippen molar-refractivity contribution in [3.63, 3.8) is 0 Å². The Morgan fingerprint density at radius 2 is 1.79 bits per heavy atom. The summed E-state index contributed by atoms with van der Waals surface area (Å²) in [4.78, 5) is 2.22. The molecule has 0 N–H and O–H groups in total. The van der Waals surface area contributed by atoms with E-state index in [1.807, 2.05) is 24.3 Å². The second-order valence-corrected chi connectivity index (χ2v) is 7.90. The lowest BCUT2D eigenvalue weighted by molar-refractivity contribution is -0.137. The van der Waals surface area contributed by atoms with E-state index in [2.05, 4.69) is 11.5 Å². The molecule has 1 aliphatic heterocycles. The first-order chi connectivity index (χ1) is 13.3. The molecule has 1 fully saturated rings. The summed E-state index contributed by atoms with van der Waals surface area (Å²) in [5.41, 5.74) is 4.76. The van der Waals surface area contributed by atoms with Gasteiger partial charge in [0.1, 0.15) is 0 Å². The van der Waals surface area contributed by atoms with Crippen LogP contribution < -0.4 is 0 Å². The van der Waals surface area contributed by atoms with E-state index in [4.69, 9.17) is 11.6 Å². The molecule has 146 valence electrons. The van der Waals surface area contributed by atoms with Gasteiger partial charge in [0.15, 0.2) is 0 Å². The molecule has 4 rings (SSSR count). The first-order valence-corrected chi connectivity index (χ1v) is 9.81. The zero-order valence-corrected chi connectivity index (χ0v) is 16.2. The first kappa shape index (κ1) is 19.3. The highest BCUT2D eigenvalue weighted by Crippen LogP contribution is 2.39. The van der Waals surface area contributed by atoms with Gasteiger partial charge in [-0.3, -0.25) is 4.90 Å². The van der Waals surface area contributed by atoms with Crippen LogP contribution in [0.4, 0.5) is 13.2 Å². The van der Waals surface area contributed by atoms with E-state index in [9.17, 15) is 13.2 Å². The van der Waals surface area contributed by atoms with Crippen LogP contribution in [0.5, 0.6) is 0 Å². The summed E-state index contributed by atoms with van der Waals surface area (Å²) >= 11 is 6.40. The molecule has 0 bridgehead atoms. The zero-order chi connectivity index (χ0) is 19.9. The second kappa shape index (κ2) is 7.41. The summed E-state index contributed by atoms with van der Waals surface area (Å²) in [6, 6.07) is 9.80. The third kappa shape index (κ3) is 3.76. The van der Waals surface area contributed by atoms with Crippen LogP contribution in [0.2, 0.25) is 5.02 Å². The number of alkyl halides is 3. The van der Waals surface area contributed by atoms with Crippen LogP contribution in [0.3, 0.4) is 0 Å². The Hall–Kier alpha value is -2.04. The summed E-state index contributed by atoms with van der Waals surface area (Å²) in [6.45, 7) is 6.52. The van der Waals surface area contributed by atoms with Crippen LogP contribution in [0, 0.1) is 0 Å². The highest BCUT2D eigenvalue weighted by atomic mass is 35.5. The molecule has 0 spiro atoms. The van der Waals surface area contributed by atoms with E-state index in [-0.39, 0.29) is 0 Å². The maximum absolute atomic E-state index is 13.3. The van der Waals surface area contributed by atoms with Gasteiger partial charge in [-0.25, -0.2) is 0 Å². The van der Waals surface area contributed by atoms with Crippen molar-refractivity contribution in [1.82, 2.24) is 4.90 Å². The number of rotatable bonds is 3. The Bertz CT molecular complexity index is 953. The molecule has 2 aromatic carbocycles. The molecular formula is C23H21ClF3N. The molecule has 1 nitrogen and oxygen atoms in total. The third-order valence-corrected chi connectivity index (χ3v) is 5.91. The van der Waals surface area contributed by atoms with Gasteiger partial charge in [-0.15, -0.1) is 0 Å². The van der Waals surface area contributed by atoms with Crippen molar-refractivity contribution in [2.75, 3.05) is 13.1 Å². The van der Waals surface area contributed by atoms with Gasteiger partial charge in [-0.1, -0.05) is 42.5 Å². The minimum Gasteiger partial charge on any atom is -0.299 e. The number of benzene rings is 2. The Morgan fingerprint density at radius 1 is 1.04 bits per heavy atom. The van der Waals surface area contributed by atoms with E-state index in [1.54, 1.807) is 6.07 Å². The molecule has 1 heterocycles. The molecule has 28 heavy (non-hydrogen) atoms. The van der Waals surface area contributed by atoms with Crippen LogP contribution in [0.25, 0.3) is 11.1 Å². The minimum absolute atomic E-state index is 0.526. The normalized spacial score (nSPS) is 17.6. The van der Waals surface area contributed by atoms with E-state index in [0.29, 0.717) is 23.6 Å². The molecule has 5 heteroatoms. The molecule has 0 radical (unpaired) electrons. The summed E-state index contributed by atoms with van der Waals surface area (Å²) in [5.74, 6) is 0. The predicted molar refractivity (Wildman–Crippen MR) is 108 cm³/mol. The van der Waals surface area contributed by atoms with E-state index < -0.39 is 11.7 Å². The lowest BCUT2D eigenvalue weighted by atomic mass is 9.84. The lowest BCUT2D eigenvalue weighted by Gasteiger charge is -2.24. The molecular weight excluding hydrogens is 383 g/mol. The van der Waals surface area contributed by atoms with Crippen LogP contribution in [0.1, 0.15) is 40.7 Å². The monoisotopic (exact) mass is 403 g/mol. The van der Waals surface area contributed by atoms with Crippen molar-refractivity contribution >= 4 is 22.7 Å². The maximum Gasteiger partial charge on any atom is 0.416 e. The third-order valence-electron chi connectivity index (χ3n) is 5.55. The van der Waals surface area contributed by atoms with Crippen LogP contribution in [0.15, 0.2) is 49.1 Å². The molecule has 2 aliphatic rings. The first-order valence-electron chi connectivity index (χ1n) is 9.43. The Kier molecular flexibility index (Phi) is 5.11. The van der Waals surface area contributed by atoms with Gasteiger partial charge < -0.3 is 0 Å². The van der Waals surface area contributed by atoms with Gasteiger partial charge in [0.2, 0.25) is 0 Å². The number of likely N-dealkylation sites (tertiary alicyclic amines) is 1. The van der Waals surface area contributed by atoms with Gasteiger partial charge >= 0.3 is 6.18 Å². The fourth-order valence-corrected chi connectivity index (χ4v) is 4.38. The summed E-state index contributed by atoms with van der Waals surface area (Å²) in [7, 11) is 0. The highest BCUT2D eigenvalue weighted by molar-refractivity contribution is 6.31. The van der Waals surface area contributed by atoms with Gasteiger partial charge in [0, 0.05) is 18.0 Å². The van der Waals surface area contributed by atoms with Crippen LogP contribution >= 0.6 is 11.6 Å². The Labute approximate surface area is 168 Å². The van der Waals surface area contributed by atoms with Crippen molar-refractivity contribution in [3.05, 3.63) is 81.9 Å². The molecule has 0 atom stereocenters. The quantitative estimate of drug-likeness (QED) is 0.557. The number of hydrogen-bond donors (Lipinski definition) is 0. The highest BCUT2D eigenvalue weighted by Gasteiger charge is 2.32.